The van der Waals surface area contributed by atoms with Crippen molar-refractivity contribution in [2.75, 3.05) is 6.61 Å². The third kappa shape index (κ3) is 4.73. The maximum atomic E-state index is 11.6. The number of carbonyl (C=O) groups is 1. The lowest BCUT2D eigenvalue weighted by atomic mass is 10.1. The van der Waals surface area contributed by atoms with Crippen LogP contribution >= 0.6 is 0 Å². The van der Waals surface area contributed by atoms with E-state index >= 15 is 0 Å². The minimum Gasteiger partial charge on any atom is -0.483 e. The van der Waals surface area contributed by atoms with Gasteiger partial charge in [0, 0.05) is 5.71 Å². The fraction of sp³-hybridized carbons (Fsp3) is 0.467. The highest BCUT2D eigenvalue weighted by atomic mass is 16.5. The van der Waals surface area contributed by atoms with Gasteiger partial charge >= 0.3 is 0 Å². The number of benzene rings is 1. The first kappa shape index (κ1) is 15.2. The summed E-state index contributed by atoms with van der Waals surface area (Å²) in [5, 5.41) is 4.05. The summed E-state index contributed by atoms with van der Waals surface area (Å²) in [6.45, 7) is 8.00. The lowest BCUT2D eigenvalue weighted by molar-refractivity contribution is -0.123. The first-order valence-corrected chi connectivity index (χ1v) is 6.61. The smallest absolute Gasteiger partial charge is 0.277 e. The van der Waals surface area contributed by atoms with Crippen LogP contribution in [0.1, 0.15) is 37.8 Å². The highest BCUT2D eigenvalue weighted by molar-refractivity contribution is 5.86. The molecular formula is C15H22N2O2. The lowest BCUT2D eigenvalue weighted by Gasteiger charge is -2.10. The number of nitrogens with zero attached hydrogens (tertiary/aromatic N) is 1. The van der Waals surface area contributed by atoms with Crippen molar-refractivity contribution in [2.24, 2.45) is 5.10 Å². The van der Waals surface area contributed by atoms with Crippen LogP contribution in [-0.2, 0) is 4.79 Å². The Balaban J connectivity index is 2.51. The first-order valence-electron chi connectivity index (χ1n) is 6.61. The molecule has 0 aromatic heterocycles. The largest absolute Gasteiger partial charge is 0.483 e. The quantitative estimate of drug-likeness (QED) is 0.633. The van der Waals surface area contributed by atoms with Crippen molar-refractivity contribution in [1.29, 1.82) is 0 Å². The SMILES string of the molecule is CCC(CC)=NNC(=O)COc1cccc(C)c1C. The fourth-order valence-electron chi connectivity index (χ4n) is 1.61. The molecule has 4 nitrogen and oxygen atoms in total. The molecule has 1 N–H and O–H groups in total. The molecule has 0 saturated heterocycles. The molecule has 19 heavy (non-hydrogen) atoms. The molecular weight excluding hydrogens is 240 g/mol. The van der Waals surface area contributed by atoms with E-state index in [2.05, 4.69) is 10.5 Å². The van der Waals surface area contributed by atoms with Gasteiger partial charge in [0.25, 0.3) is 5.91 Å². The molecule has 1 amide bonds. The third-order valence-electron chi connectivity index (χ3n) is 3.07. The Morgan fingerprint density at radius 2 is 1.95 bits per heavy atom. The van der Waals surface area contributed by atoms with Crippen LogP contribution in [0, 0.1) is 13.8 Å². The molecule has 0 saturated carbocycles. The molecule has 104 valence electrons. The van der Waals surface area contributed by atoms with Gasteiger partial charge in [0.2, 0.25) is 0 Å². The number of ether oxygens (including phenoxy) is 1. The number of hydrazone groups is 1. The third-order valence-corrected chi connectivity index (χ3v) is 3.07. The molecule has 1 rings (SSSR count). The van der Waals surface area contributed by atoms with E-state index in [1.807, 2.05) is 45.9 Å². The second-order valence-corrected chi connectivity index (χ2v) is 4.41. The monoisotopic (exact) mass is 262 g/mol. The van der Waals surface area contributed by atoms with Gasteiger partial charge in [0.15, 0.2) is 6.61 Å². The van der Waals surface area contributed by atoms with Gasteiger partial charge in [-0.15, -0.1) is 0 Å². The average Bonchev–Trinajstić information content (AvgIpc) is 2.41. The van der Waals surface area contributed by atoms with E-state index in [-0.39, 0.29) is 12.5 Å². The van der Waals surface area contributed by atoms with E-state index in [1.165, 1.54) is 0 Å². The van der Waals surface area contributed by atoms with Crippen LogP contribution in [0.25, 0.3) is 0 Å². The number of nitrogens with one attached hydrogen (secondary N) is 1. The molecule has 0 fully saturated rings. The zero-order chi connectivity index (χ0) is 14.3. The van der Waals surface area contributed by atoms with Crippen LogP contribution < -0.4 is 10.2 Å². The van der Waals surface area contributed by atoms with Gasteiger partial charge in [-0.1, -0.05) is 26.0 Å². The Morgan fingerprint density at radius 3 is 2.58 bits per heavy atom. The number of hydrogen-bond donors (Lipinski definition) is 1. The number of hydrogen-bond acceptors (Lipinski definition) is 3. The molecule has 0 spiro atoms. The molecule has 1 aromatic carbocycles. The second-order valence-electron chi connectivity index (χ2n) is 4.41. The summed E-state index contributed by atoms with van der Waals surface area (Å²) in [5.74, 6) is 0.505. The topological polar surface area (TPSA) is 50.7 Å². The number of carbonyl (C=O) groups excluding carboxylic acids is 1. The summed E-state index contributed by atoms with van der Waals surface area (Å²) >= 11 is 0. The van der Waals surface area contributed by atoms with Gasteiger partial charge in [-0.25, -0.2) is 5.43 Å². The molecule has 0 bridgehead atoms. The van der Waals surface area contributed by atoms with Crippen LogP contribution in [0.2, 0.25) is 0 Å². The molecule has 0 aliphatic rings. The molecule has 0 radical (unpaired) electrons. The van der Waals surface area contributed by atoms with E-state index in [0.717, 1.165) is 35.4 Å². The standard InChI is InChI=1S/C15H22N2O2/c1-5-13(6-2)16-17-15(18)10-19-14-9-7-8-11(3)12(14)4/h7-9H,5-6,10H2,1-4H3,(H,17,18). The molecule has 0 aliphatic carbocycles. The van der Waals surface area contributed by atoms with Gasteiger partial charge in [0.05, 0.1) is 0 Å². The molecule has 1 aromatic rings. The minimum atomic E-state index is -0.236. The van der Waals surface area contributed by atoms with Crippen molar-refractivity contribution in [3.05, 3.63) is 29.3 Å². The fourth-order valence-corrected chi connectivity index (χ4v) is 1.61. The van der Waals surface area contributed by atoms with E-state index in [9.17, 15) is 4.79 Å². The van der Waals surface area contributed by atoms with E-state index < -0.39 is 0 Å². The van der Waals surface area contributed by atoms with E-state index in [1.54, 1.807) is 0 Å². The zero-order valence-electron chi connectivity index (χ0n) is 12.1. The first-order chi connectivity index (χ1) is 9.08. The summed E-state index contributed by atoms with van der Waals surface area (Å²) < 4.78 is 5.50. The summed E-state index contributed by atoms with van der Waals surface area (Å²) in [6, 6.07) is 5.80. The zero-order valence-corrected chi connectivity index (χ0v) is 12.1. The van der Waals surface area contributed by atoms with Crippen LogP contribution in [-0.4, -0.2) is 18.2 Å². The van der Waals surface area contributed by atoms with Crippen LogP contribution in [0.15, 0.2) is 23.3 Å². The van der Waals surface area contributed by atoms with Crippen molar-refractivity contribution in [1.82, 2.24) is 5.43 Å². The summed E-state index contributed by atoms with van der Waals surface area (Å²) in [7, 11) is 0. The van der Waals surface area contributed by atoms with Crippen LogP contribution in [0.4, 0.5) is 0 Å². The molecule has 0 unspecified atom stereocenters. The van der Waals surface area contributed by atoms with Crippen molar-refractivity contribution >= 4 is 11.6 Å². The normalized spacial score (nSPS) is 9.89. The predicted octanol–water partition coefficient (Wildman–Crippen LogP) is 2.97. The van der Waals surface area contributed by atoms with Crippen molar-refractivity contribution in [2.45, 2.75) is 40.5 Å². The molecule has 0 aliphatic heterocycles. The minimum absolute atomic E-state index is 0.0193. The van der Waals surface area contributed by atoms with Gasteiger partial charge in [0.1, 0.15) is 5.75 Å². The van der Waals surface area contributed by atoms with E-state index in [4.69, 9.17) is 4.74 Å². The van der Waals surface area contributed by atoms with E-state index in [0.29, 0.717) is 0 Å². The average molecular weight is 262 g/mol. The predicted molar refractivity (Wildman–Crippen MR) is 77.6 cm³/mol. The maximum absolute atomic E-state index is 11.6. The van der Waals surface area contributed by atoms with Gasteiger partial charge in [-0.3, -0.25) is 4.79 Å². The summed E-state index contributed by atoms with van der Waals surface area (Å²) in [5.41, 5.74) is 5.69. The highest BCUT2D eigenvalue weighted by Crippen LogP contribution is 2.20. The molecule has 4 heteroatoms. The Morgan fingerprint density at radius 1 is 1.26 bits per heavy atom. The lowest BCUT2D eigenvalue weighted by Crippen LogP contribution is -2.25. The van der Waals surface area contributed by atoms with Gasteiger partial charge in [-0.2, -0.15) is 5.10 Å². The number of aryl methyl sites for hydroxylation is 1. The Labute approximate surface area is 114 Å². The Kier molecular flexibility index (Phi) is 6.06. The number of amides is 1. The maximum Gasteiger partial charge on any atom is 0.277 e. The van der Waals surface area contributed by atoms with Gasteiger partial charge < -0.3 is 4.74 Å². The number of rotatable bonds is 6. The summed E-state index contributed by atoms with van der Waals surface area (Å²) in [6.07, 6.45) is 1.68. The second kappa shape index (κ2) is 7.56. The molecule has 0 heterocycles. The van der Waals surface area contributed by atoms with Crippen molar-refractivity contribution < 1.29 is 9.53 Å². The highest BCUT2D eigenvalue weighted by Gasteiger charge is 2.05. The molecule has 0 atom stereocenters. The van der Waals surface area contributed by atoms with Gasteiger partial charge in [-0.05, 0) is 43.9 Å². The van der Waals surface area contributed by atoms with Crippen molar-refractivity contribution in [3.8, 4) is 5.75 Å². The van der Waals surface area contributed by atoms with Crippen LogP contribution in [0.3, 0.4) is 0 Å². The Hall–Kier alpha value is -1.84. The Bertz CT molecular complexity index is 461. The summed E-state index contributed by atoms with van der Waals surface area (Å²) in [4.78, 5) is 11.6. The van der Waals surface area contributed by atoms with Crippen molar-refractivity contribution in [3.63, 3.8) is 0 Å². The van der Waals surface area contributed by atoms with Crippen LogP contribution in [0.5, 0.6) is 5.75 Å².